The van der Waals surface area contributed by atoms with E-state index in [0.717, 1.165) is 47.5 Å². The number of hydrogen-bond donors (Lipinski definition) is 3. The summed E-state index contributed by atoms with van der Waals surface area (Å²) in [5, 5.41) is 13.1. The van der Waals surface area contributed by atoms with Gasteiger partial charge in [0.25, 0.3) is 0 Å². The summed E-state index contributed by atoms with van der Waals surface area (Å²) >= 11 is 0. The van der Waals surface area contributed by atoms with Crippen molar-refractivity contribution < 1.29 is 23.1 Å². The zero-order chi connectivity index (χ0) is 28.0. The van der Waals surface area contributed by atoms with E-state index in [0.29, 0.717) is 50.8 Å². The second kappa shape index (κ2) is 10.5. The van der Waals surface area contributed by atoms with E-state index in [1.165, 1.54) is 11.8 Å². The van der Waals surface area contributed by atoms with Gasteiger partial charge in [0.1, 0.15) is 15.5 Å². The van der Waals surface area contributed by atoms with E-state index >= 15 is 0 Å². The molecule has 2 aliphatic heterocycles. The smallest absolute Gasteiger partial charge is 0.322 e. The Morgan fingerprint density at radius 3 is 2.42 bits per heavy atom. The number of piperidine rings is 1. The summed E-state index contributed by atoms with van der Waals surface area (Å²) in [6.45, 7) is 2.83. The van der Waals surface area contributed by atoms with E-state index in [4.69, 9.17) is 0 Å². The van der Waals surface area contributed by atoms with Crippen molar-refractivity contribution in [2.45, 2.75) is 62.9 Å². The number of rotatable bonds is 6. The number of carboxylic acid groups (broad SMARTS) is 1. The number of benzene rings is 1. The molecule has 3 aliphatic rings. The Morgan fingerprint density at radius 1 is 1.07 bits per heavy atom. The molecule has 2 amide bonds. The van der Waals surface area contributed by atoms with E-state index in [-0.39, 0.29) is 23.2 Å². The largest absolute Gasteiger partial charge is 0.481 e. The molecule has 2 fully saturated rings. The van der Waals surface area contributed by atoms with Gasteiger partial charge in [0.05, 0.1) is 29.6 Å². The van der Waals surface area contributed by atoms with E-state index in [9.17, 15) is 23.1 Å². The number of anilines is 1. The first-order valence-corrected chi connectivity index (χ1v) is 15.9. The van der Waals surface area contributed by atoms with Crippen molar-refractivity contribution in [2.24, 2.45) is 5.92 Å². The SMILES string of the molecule is CS(=O)(=O)C1CCN(Cc2ccc(-c3cc4c5c(cnc4[nH]3)NC(=O)N(C3CCC(C(=O)O)CC3)C5)cc2)CC1. The lowest BCUT2D eigenvalue weighted by Crippen LogP contribution is -2.47. The molecule has 0 radical (unpaired) electrons. The number of pyridine rings is 1. The highest BCUT2D eigenvalue weighted by atomic mass is 32.2. The lowest BCUT2D eigenvalue weighted by Gasteiger charge is -2.38. The molecule has 0 spiro atoms. The van der Waals surface area contributed by atoms with Crippen LogP contribution in [0.2, 0.25) is 0 Å². The second-order valence-corrected chi connectivity index (χ2v) is 13.8. The quantitative estimate of drug-likeness (QED) is 0.407. The standard InChI is InChI=1S/C29H35N5O5S/c1-40(38,39)22-10-12-33(13-11-22)16-18-2-4-19(5-3-18)25-14-23-24-17-34(21-8-6-20(7-9-21)28(35)36)29(37)32-26(24)15-30-27(23)31-25/h2-5,14-15,20-22H,6-13,16-17H2,1H3,(H,30,31)(H,32,37)(H,35,36). The molecule has 3 aromatic rings. The van der Waals surface area contributed by atoms with Crippen LogP contribution in [0.4, 0.5) is 10.5 Å². The molecule has 40 heavy (non-hydrogen) atoms. The molecule has 4 heterocycles. The number of fused-ring (bicyclic) bond motifs is 3. The third kappa shape index (κ3) is 5.32. The van der Waals surface area contributed by atoms with Gasteiger partial charge in [-0.15, -0.1) is 0 Å². The van der Waals surface area contributed by atoms with Crippen LogP contribution in [0.1, 0.15) is 49.7 Å². The molecule has 212 valence electrons. The van der Waals surface area contributed by atoms with Gasteiger partial charge in [0.15, 0.2) is 0 Å². The molecule has 6 rings (SSSR count). The number of aromatic amines is 1. The maximum Gasteiger partial charge on any atom is 0.322 e. The Hall–Kier alpha value is -3.44. The van der Waals surface area contributed by atoms with Gasteiger partial charge in [-0.2, -0.15) is 0 Å². The molecule has 0 unspecified atom stereocenters. The van der Waals surface area contributed by atoms with E-state index in [1.807, 2.05) is 4.90 Å². The highest BCUT2D eigenvalue weighted by molar-refractivity contribution is 7.91. The summed E-state index contributed by atoms with van der Waals surface area (Å²) in [5.41, 5.74) is 5.66. The van der Waals surface area contributed by atoms with Gasteiger partial charge in [-0.25, -0.2) is 18.2 Å². The van der Waals surface area contributed by atoms with Gasteiger partial charge in [0.2, 0.25) is 0 Å². The summed E-state index contributed by atoms with van der Waals surface area (Å²) < 4.78 is 23.7. The number of nitrogens with zero attached hydrogens (tertiary/aromatic N) is 3. The number of H-pyrrole nitrogens is 1. The normalized spacial score (nSPS) is 22.7. The highest BCUT2D eigenvalue weighted by Crippen LogP contribution is 2.36. The Kier molecular flexibility index (Phi) is 7.03. The van der Waals surface area contributed by atoms with Crippen LogP contribution in [0.5, 0.6) is 0 Å². The average molecular weight is 566 g/mol. The Bertz CT molecular complexity index is 1530. The number of likely N-dealkylation sites (tertiary alicyclic amines) is 1. The van der Waals surface area contributed by atoms with Gasteiger partial charge in [-0.05, 0) is 68.8 Å². The monoisotopic (exact) mass is 565 g/mol. The third-order valence-corrected chi connectivity index (χ3v) is 10.6. The van der Waals surface area contributed by atoms with Crippen molar-refractivity contribution in [3.63, 3.8) is 0 Å². The number of sulfone groups is 1. The molecule has 1 aliphatic carbocycles. The summed E-state index contributed by atoms with van der Waals surface area (Å²) in [6, 6.07) is 10.4. The number of aliphatic carboxylic acids is 1. The maximum absolute atomic E-state index is 12.9. The number of nitrogens with one attached hydrogen (secondary N) is 2. The molecule has 1 aromatic carbocycles. The van der Waals surface area contributed by atoms with E-state index in [2.05, 4.69) is 50.5 Å². The van der Waals surface area contributed by atoms with Crippen LogP contribution in [0.15, 0.2) is 36.5 Å². The number of urea groups is 1. The number of hydrogen-bond acceptors (Lipinski definition) is 6. The fourth-order valence-electron chi connectivity index (χ4n) is 6.46. The summed E-state index contributed by atoms with van der Waals surface area (Å²) in [4.78, 5) is 36.4. The third-order valence-electron chi connectivity index (χ3n) is 8.90. The van der Waals surface area contributed by atoms with E-state index < -0.39 is 15.8 Å². The first kappa shape index (κ1) is 26.8. The van der Waals surface area contributed by atoms with Gasteiger partial charge >= 0.3 is 12.0 Å². The fraction of sp³-hybridized carbons (Fsp3) is 0.483. The van der Waals surface area contributed by atoms with Gasteiger partial charge in [-0.3, -0.25) is 9.69 Å². The van der Waals surface area contributed by atoms with Crippen LogP contribution in [0, 0.1) is 5.92 Å². The fourth-order valence-corrected chi connectivity index (χ4v) is 7.53. The molecular formula is C29H35N5O5S. The first-order chi connectivity index (χ1) is 19.2. The molecular weight excluding hydrogens is 530 g/mol. The van der Waals surface area contributed by atoms with Crippen LogP contribution >= 0.6 is 0 Å². The zero-order valence-corrected chi connectivity index (χ0v) is 23.4. The van der Waals surface area contributed by atoms with Crippen LogP contribution in [0.25, 0.3) is 22.3 Å². The number of carboxylic acids is 1. The van der Waals surface area contributed by atoms with Crippen molar-refractivity contribution in [1.29, 1.82) is 0 Å². The number of amides is 2. The summed E-state index contributed by atoms with van der Waals surface area (Å²) in [7, 11) is -2.97. The number of carbonyl (C=O) groups excluding carboxylic acids is 1. The molecule has 1 saturated carbocycles. The number of aromatic nitrogens is 2. The van der Waals surface area contributed by atoms with Gasteiger partial charge < -0.3 is 20.3 Å². The maximum atomic E-state index is 12.9. The second-order valence-electron chi connectivity index (χ2n) is 11.5. The topological polar surface area (TPSA) is 136 Å². The zero-order valence-electron chi connectivity index (χ0n) is 22.6. The minimum Gasteiger partial charge on any atom is -0.481 e. The number of carbonyl (C=O) groups is 2. The van der Waals surface area contributed by atoms with Crippen LogP contribution in [0.3, 0.4) is 0 Å². The van der Waals surface area contributed by atoms with Gasteiger partial charge in [-0.1, -0.05) is 24.3 Å². The molecule has 2 aromatic heterocycles. The van der Waals surface area contributed by atoms with Crippen LogP contribution in [-0.2, 0) is 27.7 Å². The van der Waals surface area contributed by atoms with Crippen molar-refractivity contribution in [3.05, 3.63) is 47.7 Å². The lowest BCUT2D eigenvalue weighted by atomic mass is 9.85. The predicted octanol–water partition coefficient (Wildman–Crippen LogP) is 4.23. The Morgan fingerprint density at radius 2 is 1.77 bits per heavy atom. The molecule has 10 nitrogen and oxygen atoms in total. The molecule has 0 atom stereocenters. The molecule has 0 bridgehead atoms. The average Bonchev–Trinajstić information content (AvgIpc) is 3.38. The molecule has 3 N–H and O–H groups in total. The van der Waals surface area contributed by atoms with Crippen molar-refractivity contribution in [3.8, 4) is 11.3 Å². The minimum atomic E-state index is -2.97. The Balaban J connectivity index is 1.16. The lowest BCUT2D eigenvalue weighted by molar-refractivity contribution is -0.143. The van der Waals surface area contributed by atoms with Crippen molar-refractivity contribution in [1.82, 2.24) is 19.8 Å². The van der Waals surface area contributed by atoms with Crippen LogP contribution < -0.4 is 5.32 Å². The molecule has 1 saturated heterocycles. The predicted molar refractivity (Wildman–Crippen MR) is 153 cm³/mol. The minimum absolute atomic E-state index is 0.0232. The van der Waals surface area contributed by atoms with Crippen LogP contribution in [-0.4, -0.2) is 75.9 Å². The van der Waals surface area contributed by atoms with Gasteiger partial charge in [0, 0.05) is 35.5 Å². The van der Waals surface area contributed by atoms with Crippen molar-refractivity contribution >= 4 is 38.6 Å². The molecule has 11 heteroatoms. The Labute approximate surface area is 233 Å². The summed E-state index contributed by atoms with van der Waals surface area (Å²) in [5.74, 6) is -1.07. The highest BCUT2D eigenvalue weighted by Gasteiger charge is 2.35. The first-order valence-electron chi connectivity index (χ1n) is 14.0. The summed E-state index contributed by atoms with van der Waals surface area (Å²) in [6.07, 6.45) is 6.96. The van der Waals surface area contributed by atoms with Crippen molar-refractivity contribution in [2.75, 3.05) is 24.7 Å². The van der Waals surface area contributed by atoms with E-state index in [1.54, 1.807) is 6.20 Å².